The molecule has 1 atom stereocenters. The fourth-order valence-electron chi connectivity index (χ4n) is 2.31. The number of aromatic nitrogens is 2. The predicted molar refractivity (Wildman–Crippen MR) is 76.8 cm³/mol. The Bertz CT molecular complexity index is 574. The number of hydrogen-bond acceptors (Lipinski definition) is 6. The Labute approximate surface area is 122 Å². The molecule has 0 saturated carbocycles. The lowest BCUT2D eigenvalue weighted by atomic mass is 10.3. The van der Waals surface area contributed by atoms with E-state index in [1.54, 1.807) is 11.3 Å². The summed E-state index contributed by atoms with van der Waals surface area (Å²) in [4.78, 5) is 11.3. The van der Waals surface area contributed by atoms with Crippen molar-refractivity contribution in [3.8, 4) is 0 Å². The lowest BCUT2D eigenvalue weighted by molar-refractivity contribution is -0.0353. The maximum Gasteiger partial charge on any atom is 0.208 e. The van der Waals surface area contributed by atoms with Gasteiger partial charge in [-0.1, -0.05) is 0 Å². The molecular weight excluding hydrogens is 274 g/mol. The maximum absolute atomic E-state index is 5.83. The van der Waals surface area contributed by atoms with Gasteiger partial charge in [0.1, 0.15) is 16.9 Å². The van der Waals surface area contributed by atoms with E-state index in [-0.39, 0.29) is 6.10 Å². The van der Waals surface area contributed by atoms with Crippen LogP contribution in [0.3, 0.4) is 0 Å². The Kier molecular flexibility index (Phi) is 3.87. The van der Waals surface area contributed by atoms with E-state index in [1.807, 2.05) is 20.8 Å². The molecule has 0 N–H and O–H groups in total. The predicted octanol–water partition coefficient (Wildman–Crippen LogP) is 2.63. The molecule has 2 aromatic heterocycles. The van der Waals surface area contributed by atoms with Crippen molar-refractivity contribution in [2.45, 2.75) is 33.4 Å². The molecule has 20 heavy (non-hydrogen) atoms. The molecular formula is C14H19N3O2S. The van der Waals surface area contributed by atoms with Crippen LogP contribution in [-0.2, 0) is 11.3 Å². The molecule has 0 amide bonds. The number of oxazole rings is 1. The highest BCUT2D eigenvalue weighted by atomic mass is 32.1. The van der Waals surface area contributed by atoms with Crippen molar-refractivity contribution >= 4 is 11.3 Å². The van der Waals surface area contributed by atoms with Gasteiger partial charge < -0.3 is 9.15 Å². The zero-order valence-corrected chi connectivity index (χ0v) is 12.9. The molecule has 5 nitrogen and oxygen atoms in total. The van der Waals surface area contributed by atoms with E-state index < -0.39 is 0 Å². The monoisotopic (exact) mass is 293 g/mol. The van der Waals surface area contributed by atoms with Crippen LogP contribution in [0.1, 0.15) is 34.2 Å². The topological polar surface area (TPSA) is 51.4 Å². The van der Waals surface area contributed by atoms with Gasteiger partial charge in [0, 0.05) is 24.2 Å². The molecule has 0 radical (unpaired) electrons. The summed E-state index contributed by atoms with van der Waals surface area (Å²) in [6.45, 7) is 9.14. The van der Waals surface area contributed by atoms with Gasteiger partial charge >= 0.3 is 0 Å². The highest BCUT2D eigenvalue weighted by Gasteiger charge is 2.25. The van der Waals surface area contributed by atoms with Crippen molar-refractivity contribution in [1.29, 1.82) is 0 Å². The summed E-state index contributed by atoms with van der Waals surface area (Å²) in [6, 6.07) is 0. The summed E-state index contributed by atoms with van der Waals surface area (Å²) in [5.74, 6) is 1.69. The van der Waals surface area contributed by atoms with Gasteiger partial charge in [0.15, 0.2) is 0 Å². The third-order valence-corrected chi connectivity index (χ3v) is 4.55. The van der Waals surface area contributed by atoms with Gasteiger partial charge in [-0.2, -0.15) is 0 Å². The summed E-state index contributed by atoms with van der Waals surface area (Å²) in [5, 5.41) is 3.13. The van der Waals surface area contributed by atoms with Gasteiger partial charge in [-0.25, -0.2) is 9.97 Å². The number of ether oxygens (including phenoxy) is 1. The Morgan fingerprint density at radius 2 is 2.20 bits per heavy atom. The second-order valence-corrected chi connectivity index (χ2v) is 6.06. The largest absolute Gasteiger partial charge is 0.444 e. The lowest BCUT2D eigenvalue weighted by Gasteiger charge is -2.30. The number of hydrogen-bond donors (Lipinski definition) is 0. The Balaban J connectivity index is 1.66. The second-order valence-electron chi connectivity index (χ2n) is 5.17. The van der Waals surface area contributed by atoms with E-state index in [9.17, 15) is 0 Å². The molecule has 1 aliphatic heterocycles. The van der Waals surface area contributed by atoms with Gasteiger partial charge in [0.05, 0.1) is 18.8 Å². The van der Waals surface area contributed by atoms with Gasteiger partial charge in [-0.3, -0.25) is 4.90 Å². The van der Waals surface area contributed by atoms with E-state index in [1.165, 1.54) is 0 Å². The molecule has 3 rings (SSSR count). The van der Waals surface area contributed by atoms with Crippen LogP contribution in [0.5, 0.6) is 0 Å². The van der Waals surface area contributed by atoms with Crippen LogP contribution in [0, 0.1) is 20.8 Å². The minimum atomic E-state index is 0.0691. The third-order valence-electron chi connectivity index (χ3n) is 3.49. The maximum atomic E-state index is 5.83. The van der Waals surface area contributed by atoms with Crippen LogP contribution in [0.4, 0.5) is 0 Å². The SMILES string of the molecule is Cc1csc([C@@H]2CN(Cc3nc(C)c(C)o3)CCO2)n1. The van der Waals surface area contributed by atoms with E-state index >= 15 is 0 Å². The minimum absolute atomic E-state index is 0.0691. The highest BCUT2D eigenvalue weighted by molar-refractivity contribution is 7.09. The molecule has 0 aliphatic carbocycles. The first-order chi connectivity index (χ1) is 9.61. The fraction of sp³-hybridized carbons (Fsp3) is 0.571. The van der Waals surface area contributed by atoms with Gasteiger partial charge in [0.2, 0.25) is 5.89 Å². The van der Waals surface area contributed by atoms with Crippen molar-refractivity contribution in [1.82, 2.24) is 14.9 Å². The molecule has 1 fully saturated rings. The molecule has 0 bridgehead atoms. The molecule has 0 unspecified atom stereocenters. The minimum Gasteiger partial charge on any atom is -0.444 e. The Morgan fingerprint density at radius 1 is 1.35 bits per heavy atom. The van der Waals surface area contributed by atoms with Crippen LogP contribution in [0.15, 0.2) is 9.80 Å². The van der Waals surface area contributed by atoms with E-state index in [4.69, 9.17) is 9.15 Å². The van der Waals surface area contributed by atoms with Crippen LogP contribution in [0.2, 0.25) is 0 Å². The van der Waals surface area contributed by atoms with Gasteiger partial charge in [-0.05, 0) is 20.8 Å². The van der Waals surface area contributed by atoms with Crippen molar-refractivity contribution in [2.75, 3.05) is 19.7 Å². The van der Waals surface area contributed by atoms with Crippen molar-refractivity contribution in [3.63, 3.8) is 0 Å². The Morgan fingerprint density at radius 3 is 2.85 bits per heavy atom. The smallest absolute Gasteiger partial charge is 0.208 e. The van der Waals surface area contributed by atoms with E-state index in [0.717, 1.165) is 54.3 Å². The standard InChI is InChI=1S/C14H19N3O2S/c1-9-8-20-14(15-9)12-6-17(4-5-18-12)7-13-16-10(2)11(3)19-13/h8,12H,4-7H2,1-3H3/t12-/m0/s1. The quantitative estimate of drug-likeness (QED) is 0.870. The number of aryl methyl sites for hydroxylation is 3. The molecule has 1 saturated heterocycles. The molecule has 108 valence electrons. The summed E-state index contributed by atoms with van der Waals surface area (Å²) in [7, 11) is 0. The first-order valence-corrected chi connectivity index (χ1v) is 7.68. The lowest BCUT2D eigenvalue weighted by Crippen LogP contribution is -2.37. The number of nitrogens with zero attached hydrogens (tertiary/aromatic N) is 3. The first kappa shape index (κ1) is 13.7. The molecule has 2 aromatic rings. The number of thiazole rings is 1. The molecule has 1 aliphatic rings. The van der Waals surface area contributed by atoms with E-state index in [2.05, 4.69) is 20.2 Å². The van der Waals surface area contributed by atoms with Gasteiger partial charge in [-0.15, -0.1) is 11.3 Å². The summed E-state index contributed by atoms with van der Waals surface area (Å²) in [5.41, 5.74) is 2.03. The molecule has 0 aromatic carbocycles. The van der Waals surface area contributed by atoms with Crippen LogP contribution in [0.25, 0.3) is 0 Å². The zero-order chi connectivity index (χ0) is 14.1. The zero-order valence-electron chi connectivity index (χ0n) is 12.0. The van der Waals surface area contributed by atoms with Gasteiger partial charge in [0.25, 0.3) is 0 Å². The first-order valence-electron chi connectivity index (χ1n) is 6.80. The average molecular weight is 293 g/mol. The van der Waals surface area contributed by atoms with Crippen LogP contribution in [-0.4, -0.2) is 34.6 Å². The number of morpholine rings is 1. The third kappa shape index (κ3) is 2.92. The fourth-order valence-corrected chi connectivity index (χ4v) is 3.15. The van der Waals surface area contributed by atoms with Crippen LogP contribution >= 0.6 is 11.3 Å². The summed E-state index contributed by atoms with van der Waals surface area (Å²) < 4.78 is 11.5. The normalized spacial score (nSPS) is 20.4. The summed E-state index contributed by atoms with van der Waals surface area (Å²) in [6.07, 6.45) is 0.0691. The van der Waals surface area contributed by atoms with E-state index in [0.29, 0.717) is 0 Å². The molecule has 6 heteroatoms. The average Bonchev–Trinajstić information content (AvgIpc) is 2.97. The van der Waals surface area contributed by atoms with Crippen molar-refractivity contribution in [3.05, 3.63) is 33.4 Å². The van der Waals surface area contributed by atoms with Crippen molar-refractivity contribution < 1.29 is 9.15 Å². The summed E-state index contributed by atoms with van der Waals surface area (Å²) >= 11 is 1.67. The van der Waals surface area contributed by atoms with Crippen LogP contribution < -0.4 is 0 Å². The number of rotatable bonds is 3. The van der Waals surface area contributed by atoms with Crippen molar-refractivity contribution in [2.24, 2.45) is 0 Å². The molecule has 3 heterocycles. The second kappa shape index (κ2) is 5.63. The highest BCUT2D eigenvalue weighted by Crippen LogP contribution is 2.26. The molecule has 0 spiro atoms. The Hall–Kier alpha value is -1.24.